The van der Waals surface area contributed by atoms with Gasteiger partial charge < -0.3 is 14.0 Å². The largest absolute Gasteiger partial charge is 0.497 e. The number of rotatable bonds is 9. The third-order valence-corrected chi connectivity index (χ3v) is 5.21. The number of thioether (sulfide) groups is 1. The van der Waals surface area contributed by atoms with E-state index in [1.54, 1.807) is 31.4 Å². The molecule has 6 nitrogen and oxygen atoms in total. The van der Waals surface area contributed by atoms with Crippen LogP contribution in [0.25, 0.3) is 0 Å². The van der Waals surface area contributed by atoms with Gasteiger partial charge in [0.15, 0.2) is 16.8 Å². The van der Waals surface area contributed by atoms with Gasteiger partial charge in [-0.25, -0.2) is 0 Å². The van der Waals surface area contributed by atoms with E-state index in [-0.39, 0.29) is 5.78 Å². The van der Waals surface area contributed by atoms with E-state index in [0.717, 1.165) is 17.3 Å². The van der Waals surface area contributed by atoms with Crippen LogP contribution in [0.4, 0.5) is 0 Å². The van der Waals surface area contributed by atoms with Crippen molar-refractivity contribution in [1.29, 1.82) is 0 Å². The van der Waals surface area contributed by atoms with Crippen molar-refractivity contribution in [2.24, 2.45) is 0 Å². The third kappa shape index (κ3) is 4.92. The van der Waals surface area contributed by atoms with Gasteiger partial charge in [0, 0.05) is 12.1 Å². The van der Waals surface area contributed by atoms with Crippen molar-refractivity contribution in [2.75, 3.05) is 12.9 Å². The summed E-state index contributed by atoms with van der Waals surface area (Å²) in [5.41, 5.74) is 1.84. The van der Waals surface area contributed by atoms with Crippen LogP contribution in [0.1, 0.15) is 28.7 Å². The third-order valence-electron chi connectivity index (χ3n) is 4.24. The first-order valence-electron chi connectivity index (χ1n) is 9.02. The molecule has 0 atom stereocenters. The van der Waals surface area contributed by atoms with Crippen LogP contribution in [-0.4, -0.2) is 33.4 Å². The second-order valence-corrected chi connectivity index (χ2v) is 7.13. The number of carbonyl (C=O) groups excluding carboxylic acids is 1. The summed E-state index contributed by atoms with van der Waals surface area (Å²) in [6.07, 6.45) is 0. The number of nitrogens with zero attached hydrogens (tertiary/aromatic N) is 3. The number of aromatic nitrogens is 3. The van der Waals surface area contributed by atoms with Crippen molar-refractivity contribution < 1.29 is 14.3 Å². The van der Waals surface area contributed by atoms with Crippen LogP contribution in [0.2, 0.25) is 0 Å². The average molecular weight is 398 g/mol. The van der Waals surface area contributed by atoms with E-state index in [4.69, 9.17) is 9.47 Å². The molecule has 0 saturated heterocycles. The minimum atomic E-state index is 0.0377. The maximum absolute atomic E-state index is 12.4. The van der Waals surface area contributed by atoms with Gasteiger partial charge in [0.1, 0.15) is 18.1 Å². The summed E-state index contributed by atoms with van der Waals surface area (Å²) in [6.45, 7) is 5.10. The summed E-state index contributed by atoms with van der Waals surface area (Å²) in [4.78, 5) is 12.4. The lowest BCUT2D eigenvalue weighted by atomic mass is 10.1. The van der Waals surface area contributed by atoms with Crippen LogP contribution < -0.4 is 9.47 Å². The predicted octanol–water partition coefficient (Wildman–Crippen LogP) is 4.17. The highest BCUT2D eigenvalue weighted by atomic mass is 32.2. The monoisotopic (exact) mass is 397 g/mol. The van der Waals surface area contributed by atoms with Gasteiger partial charge in [-0.1, -0.05) is 29.5 Å². The summed E-state index contributed by atoms with van der Waals surface area (Å²) in [7, 11) is 1.60. The minimum absolute atomic E-state index is 0.0377. The SMILES string of the molecule is CCn1c(COc2ccc(C)cc2)nnc1SCC(=O)c1ccc(OC)cc1. The van der Waals surface area contributed by atoms with Gasteiger partial charge >= 0.3 is 0 Å². The molecule has 0 bridgehead atoms. The zero-order valence-corrected chi connectivity index (χ0v) is 17.0. The standard InChI is InChI=1S/C21H23N3O3S/c1-4-24-20(13-27-18-9-5-15(2)6-10-18)22-23-21(24)28-14-19(25)16-7-11-17(26-3)12-8-16/h5-12H,4,13-14H2,1-3H3. The molecule has 0 spiro atoms. The molecule has 28 heavy (non-hydrogen) atoms. The number of benzene rings is 2. The van der Waals surface area contributed by atoms with Gasteiger partial charge in [-0.2, -0.15) is 0 Å². The molecule has 0 N–H and O–H groups in total. The number of hydrogen-bond acceptors (Lipinski definition) is 6. The highest BCUT2D eigenvalue weighted by Gasteiger charge is 2.14. The normalized spacial score (nSPS) is 10.7. The maximum Gasteiger partial charge on any atom is 0.191 e. The summed E-state index contributed by atoms with van der Waals surface area (Å²) >= 11 is 1.38. The fraction of sp³-hybridized carbons (Fsp3) is 0.286. The fourth-order valence-corrected chi connectivity index (χ4v) is 3.54. The summed E-state index contributed by atoms with van der Waals surface area (Å²) in [5, 5.41) is 9.18. The molecule has 0 amide bonds. The molecule has 0 radical (unpaired) electrons. The lowest BCUT2D eigenvalue weighted by Gasteiger charge is -2.09. The molecule has 3 aromatic rings. The number of methoxy groups -OCH3 is 1. The van der Waals surface area contributed by atoms with Gasteiger partial charge in [-0.15, -0.1) is 10.2 Å². The van der Waals surface area contributed by atoms with Crippen LogP contribution in [0.3, 0.4) is 0 Å². The Balaban J connectivity index is 1.61. The lowest BCUT2D eigenvalue weighted by molar-refractivity contribution is 0.102. The van der Waals surface area contributed by atoms with Gasteiger partial charge in [0.25, 0.3) is 0 Å². The van der Waals surface area contributed by atoms with E-state index in [1.165, 1.54) is 17.3 Å². The Hall–Kier alpha value is -2.80. The molecule has 146 valence electrons. The molecule has 7 heteroatoms. The Morgan fingerprint density at radius 1 is 1.04 bits per heavy atom. The first kappa shape index (κ1) is 19.9. The van der Waals surface area contributed by atoms with E-state index < -0.39 is 0 Å². The number of carbonyl (C=O) groups is 1. The van der Waals surface area contributed by atoms with Crippen molar-refractivity contribution in [2.45, 2.75) is 32.2 Å². The molecule has 0 fully saturated rings. The highest BCUT2D eigenvalue weighted by Crippen LogP contribution is 2.21. The molecule has 2 aromatic carbocycles. The Labute approximate surface area is 168 Å². The Kier molecular flexibility index (Phi) is 6.71. The first-order valence-corrected chi connectivity index (χ1v) is 10.0. The molecule has 0 aliphatic heterocycles. The highest BCUT2D eigenvalue weighted by molar-refractivity contribution is 7.99. The van der Waals surface area contributed by atoms with E-state index >= 15 is 0 Å². The maximum atomic E-state index is 12.4. The topological polar surface area (TPSA) is 66.2 Å². The summed E-state index contributed by atoms with van der Waals surface area (Å²) < 4.78 is 12.9. The number of aryl methyl sites for hydroxylation is 1. The van der Waals surface area contributed by atoms with E-state index in [2.05, 4.69) is 10.2 Å². The van der Waals surface area contributed by atoms with Crippen molar-refractivity contribution in [3.05, 3.63) is 65.5 Å². The first-order chi connectivity index (χ1) is 13.6. The zero-order chi connectivity index (χ0) is 19.9. The zero-order valence-electron chi connectivity index (χ0n) is 16.2. The Morgan fingerprint density at radius 2 is 1.71 bits per heavy atom. The number of Topliss-reactive ketones (excluding diaryl/α,β-unsaturated/α-hetero) is 1. The van der Waals surface area contributed by atoms with E-state index in [1.807, 2.05) is 42.7 Å². The second kappa shape index (κ2) is 9.41. The van der Waals surface area contributed by atoms with Crippen LogP contribution >= 0.6 is 11.8 Å². The molecule has 0 saturated carbocycles. The van der Waals surface area contributed by atoms with Crippen molar-refractivity contribution >= 4 is 17.5 Å². The van der Waals surface area contributed by atoms with Crippen molar-refractivity contribution in [3.8, 4) is 11.5 Å². The molecular weight excluding hydrogens is 374 g/mol. The average Bonchev–Trinajstić information content (AvgIpc) is 3.13. The fourth-order valence-electron chi connectivity index (χ4n) is 2.62. The lowest BCUT2D eigenvalue weighted by Crippen LogP contribution is -2.08. The minimum Gasteiger partial charge on any atom is -0.497 e. The van der Waals surface area contributed by atoms with Gasteiger partial charge in [0.05, 0.1) is 12.9 Å². The van der Waals surface area contributed by atoms with Crippen LogP contribution in [0.5, 0.6) is 11.5 Å². The summed E-state index contributed by atoms with van der Waals surface area (Å²) in [5.74, 6) is 2.59. The van der Waals surface area contributed by atoms with Crippen LogP contribution in [-0.2, 0) is 13.2 Å². The number of ketones is 1. The van der Waals surface area contributed by atoms with Crippen LogP contribution in [0.15, 0.2) is 53.7 Å². The number of hydrogen-bond donors (Lipinski definition) is 0. The van der Waals surface area contributed by atoms with Crippen molar-refractivity contribution in [1.82, 2.24) is 14.8 Å². The summed E-state index contributed by atoms with van der Waals surface area (Å²) in [6, 6.07) is 15.0. The molecule has 0 unspecified atom stereocenters. The van der Waals surface area contributed by atoms with Crippen molar-refractivity contribution in [3.63, 3.8) is 0 Å². The van der Waals surface area contributed by atoms with E-state index in [0.29, 0.717) is 29.6 Å². The second-order valence-electron chi connectivity index (χ2n) is 6.19. The van der Waals surface area contributed by atoms with Crippen LogP contribution in [0, 0.1) is 6.92 Å². The van der Waals surface area contributed by atoms with Gasteiger partial charge in [0.2, 0.25) is 0 Å². The quantitative estimate of drug-likeness (QED) is 0.399. The van der Waals surface area contributed by atoms with Gasteiger partial charge in [-0.05, 0) is 50.2 Å². The molecule has 3 rings (SSSR count). The Morgan fingerprint density at radius 3 is 2.36 bits per heavy atom. The van der Waals surface area contributed by atoms with E-state index in [9.17, 15) is 4.79 Å². The Bertz CT molecular complexity index is 921. The van der Waals surface area contributed by atoms with Gasteiger partial charge in [-0.3, -0.25) is 4.79 Å². The smallest absolute Gasteiger partial charge is 0.191 e. The molecule has 1 heterocycles. The molecule has 0 aliphatic carbocycles. The molecule has 1 aromatic heterocycles. The number of ether oxygens (including phenoxy) is 2. The predicted molar refractivity (Wildman–Crippen MR) is 109 cm³/mol. The molecule has 0 aliphatic rings. The molecular formula is C21H23N3O3S.